The molecular weight excluding hydrogens is 192 g/mol. The van der Waals surface area contributed by atoms with E-state index in [0.29, 0.717) is 5.92 Å². The van der Waals surface area contributed by atoms with Crippen LogP contribution in [0.25, 0.3) is 0 Å². The van der Waals surface area contributed by atoms with Crippen molar-refractivity contribution in [2.75, 3.05) is 26.8 Å². The summed E-state index contributed by atoms with van der Waals surface area (Å²) in [6.45, 7) is 4.28. The predicted octanol–water partition coefficient (Wildman–Crippen LogP) is 0.609. The highest BCUT2D eigenvalue weighted by molar-refractivity contribution is 5.80. The van der Waals surface area contributed by atoms with Gasteiger partial charge in [-0.2, -0.15) is 0 Å². The van der Waals surface area contributed by atoms with Crippen molar-refractivity contribution < 1.29 is 9.53 Å². The Balaban J connectivity index is 2.20. The number of carbonyl (C=O) groups is 1. The Bertz CT molecular complexity index is 201. The minimum absolute atomic E-state index is 0.0297. The molecule has 15 heavy (non-hydrogen) atoms. The molecule has 4 heteroatoms. The quantitative estimate of drug-likeness (QED) is 0.746. The largest absolute Gasteiger partial charge is 0.381 e. The Labute approximate surface area is 91.8 Å². The summed E-state index contributed by atoms with van der Waals surface area (Å²) in [6.07, 6.45) is 3.32. The number of carbonyl (C=O) groups excluding carboxylic acids is 1. The summed E-state index contributed by atoms with van der Waals surface area (Å²) in [5.74, 6) is 0.740. The van der Waals surface area contributed by atoms with Crippen LogP contribution in [0.3, 0.4) is 0 Å². The molecule has 1 aliphatic rings. The molecule has 1 unspecified atom stereocenters. The van der Waals surface area contributed by atoms with Gasteiger partial charge in [-0.25, -0.2) is 0 Å². The maximum absolute atomic E-state index is 11.5. The Morgan fingerprint density at radius 1 is 1.53 bits per heavy atom. The van der Waals surface area contributed by atoms with Crippen LogP contribution in [0, 0.1) is 5.92 Å². The lowest BCUT2D eigenvalue weighted by Gasteiger charge is -2.25. The minimum Gasteiger partial charge on any atom is -0.381 e. The maximum Gasteiger partial charge on any atom is 0.238 e. The van der Waals surface area contributed by atoms with Crippen LogP contribution in [0.2, 0.25) is 0 Å². The molecule has 0 saturated carbocycles. The van der Waals surface area contributed by atoms with Gasteiger partial charge in [0.05, 0.1) is 6.04 Å². The summed E-state index contributed by atoms with van der Waals surface area (Å²) in [7, 11) is 1.82. The van der Waals surface area contributed by atoms with Gasteiger partial charge in [-0.3, -0.25) is 4.79 Å². The van der Waals surface area contributed by atoms with Gasteiger partial charge in [-0.05, 0) is 32.1 Å². The normalized spacial score (nSPS) is 19.9. The van der Waals surface area contributed by atoms with Gasteiger partial charge >= 0.3 is 0 Å². The van der Waals surface area contributed by atoms with Crippen LogP contribution in [-0.2, 0) is 9.53 Å². The third-order valence-electron chi connectivity index (χ3n) is 2.98. The lowest BCUT2D eigenvalue weighted by Crippen LogP contribution is -2.40. The van der Waals surface area contributed by atoms with Crippen molar-refractivity contribution in [2.45, 2.75) is 32.2 Å². The lowest BCUT2D eigenvalue weighted by molar-refractivity contribution is -0.131. The standard InChI is InChI=1S/C11H22N2O2/c1-9(12)11(14)13(2)6-3-10-4-7-15-8-5-10/h9-10H,3-8,12H2,1-2H3. The van der Waals surface area contributed by atoms with Gasteiger partial charge < -0.3 is 15.4 Å². The number of nitrogens with zero attached hydrogens (tertiary/aromatic N) is 1. The third-order valence-corrected chi connectivity index (χ3v) is 2.98. The molecule has 4 nitrogen and oxygen atoms in total. The molecule has 0 bridgehead atoms. The molecule has 0 aromatic heterocycles. The SMILES string of the molecule is CC(N)C(=O)N(C)CCC1CCOCC1. The summed E-state index contributed by atoms with van der Waals surface area (Å²) >= 11 is 0. The van der Waals surface area contributed by atoms with Gasteiger partial charge in [0.25, 0.3) is 0 Å². The first-order valence-corrected chi connectivity index (χ1v) is 5.69. The first-order valence-electron chi connectivity index (χ1n) is 5.69. The Morgan fingerprint density at radius 3 is 2.67 bits per heavy atom. The van der Waals surface area contributed by atoms with Gasteiger partial charge in [0, 0.05) is 26.8 Å². The molecule has 0 radical (unpaired) electrons. The molecule has 0 aliphatic carbocycles. The number of amides is 1. The number of hydrogen-bond acceptors (Lipinski definition) is 3. The van der Waals surface area contributed by atoms with E-state index < -0.39 is 0 Å². The molecule has 0 aromatic carbocycles. The maximum atomic E-state index is 11.5. The van der Waals surface area contributed by atoms with E-state index in [1.807, 2.05) is 7.05 Å². The topological polar surface area (TPSA) is 55.6 Å². The summed E-state index contributed by atoms with van der Waals surface area (Å²) in [5, 5.41) is 0. The van der Waals surface area contributed by atoms with E-state index in [2.05, 4.69) is 0 Å². The molecule has 0 spiro atoms. The Kier molecular flexibility index (Phi) is 5.05. The summed E-state index contributed by atoms with van der Waals surface area (Å²) in [5.41, 5.74) is 5.53. The van der Waals surface area contributed by atoms with Crippen LogP contribution in [-0.4, -0.2) is 43.7 Å². The highest BCUT2D eigenvalue weighted by Gasteiger charge is 2.17. The average molecular weight is 214 g/mol. The van der Waals surface area contributed by atoms with Gasteiger partial charge in [0.1, 0.15) is 0 Å². The molecule has 0 aromatic rings. The second-order valence-corrected chi connectivity index (χ2v) is 4.39. The van der Waals surface area contributed by atoms with Gasteiger partial charge in [-0.1, -0.05) is 0 Å². The monoisotopic (exact) mass is 214 g/mol. The van der Waals surface area contributed by atoms with E-state index in [4.69, 9.17) is 10.5 Å². The van der Waals surface area contributed by atoms with Crippen LogP contribution in [0.5, 0.6) is 0 Å². The Morgan fingerprint density at radius 2 is 2.13 bits per heavy atom. The Hall–Kier alpha value is -0.610. The minimum atomic E-state index is -0.385. The number of likely N-dealkylation sites (N-methyl/N-ethyl adjacent to an activating group) is 1. The van der Waals surface area contributed by atoms with Crippen molar-refractivity contribution in [3.8, 4) is 0 Å². The smallest absolute Gasteiger partial charge is 0.238 e. The number of rotatable bonds is 4. The molecule has 1 aliphatic heterocycles. The number of ether oxygens (including phenoxy) is 1. The molecule has 88 valence electrons. The zero-order valence-electron chi connectivity index (χ0n) is 9.74. The van der Waals surface area contributed by atoms with E-state index in [1.54, 1.807) is 11.8 Å². The number of hydrogen-bond donors (Lipinski definition) is 1. The molecule has 1 fully saturated rings. The second-order valence-electron chi connectivity index (χ2n) is 4.39. The van der Waals surface area contributed by atoms with Crippen molar-refractivity contribution in [1.29, 1.82) is 0 Å². The molecule has 1 rings (SSSR count). The van der Waals surface area contributed by atoms with Crippen molar-refractivity contribution in [2.24, 2.45) is 11.7 Å². The summed E-state index contributed by atoms with van der Waals surface area (Å²) in [6, 6.07) is -0.385. The number of nitrogens with two attached hydrogens (primary N) is 1. The van der Waals surface area contributed by atoms with Crippen LogP contribution >= 0.6 is 0 Å². The third kappa shape index (κ3) is 4.18. The van der Waals surface area contributed by atoms with Gasteiger partial charge in [-0.15, -0.1) is 0 Å². The van der Waals surface area contributed by atoms with Gasteiger partial charge in [0.15, 0.2) is 0 Å². The zero-order chi connectivity index (χ0) is 11.3. The van der Waals surface area contributed by atoms with Crippen molar-refractivity contribution in [3.63, 3.8) is 0 Å². The first-order chi connectivity index (χ1) is 7.11. The fourth-order valence-corrected chi connectivity index (χ4v) is 1.87. The molecule has 2 N–H and O–H groups in total. The fraction of sp³-hybridized carbons (Fsp3) is 0.909. The molecule has 1 atom stereocenters. The average Bonchev–Trinajstić information content (AvgIpc) is 2.26. The molecular formula is C11H22N2O2. The highest BCUT2D eigenvalue weighted by atomic mass is 16.5. The van der Waals surface area contributed by atoms with E-state index in [0.717, 1.165) is 39.0 Å². The summed E-state index contributed by atoms with van der Waals surface area (Å²) < 4.78 is 5.29. The molecule has 1 amide bonds. The van der Waals surface area contributed by atoms with Crippen LogP contribution in [0.1, 0.15) is 26.2 Å². The second kappa shape index (κ2) is 6.08. The first kappa shape index (κ1) is 12.5. The van der Waals surface area contributed by atoms with Crippen LogP contribution in [0.4, 0.5) is 0 Å². The molecule has 1 heterocycles. The van der Waals surface area contributed by atoms with Crippen molar-refractivity contribution in [1.82, 2.24) is 4.90 Å². The highest BCUT2D eigenvalue weighted by Crippen LogP contribution is 2.18. The predicted molar refractivity (Wildman–Crippen MR) is 59.4 cm³/mol. The van der Waals surface area contributed by atoms with E-state index in [-0.39, 0.29) is 11.9 Å². The van der Waals surface area contributed by atoms with Gasteiger partial charge in [0.2, 0.25) is 5.91 Å². The fourth-order valence-electron chi connectivity index (χ4n) is 1.87. The van der Waals surface area contributed by atoms with Crippen LogP contribution in [0.15, 0.2) is 0 Å². The van der Waals surface area contributed by atoms with Crippen molar-refractivity contribution in [3.05, 3.63) is 0 Å². The lowest BCUT2D eigenvalue weighted by atomic mass is 9.96. The van der Waals surface area contributed by atoms with E-state index >= 15 is 0 Å². The van der Waals surface area contributed by atoms with Crippen molar-refractivity contribution >= 4 is 5.91 Å². The van der Waals surface area contributed by atoms with E-state index in [1.165, 1.54) is 0 Å². The van der Waals surface area contributed by atoms with E-state index in [9.17, 15) is 4.79 Å². The van der Waals surface area contributed by atoms with Crippen LogP contribution < -0.4 is 5.73 Å². The summed E-state index contributed by atoms with van der Waals surface area (Å²) in [4.78, 5) is 13.2. The zero-order valence-corrected chi connectivity index (χ0v) is 9.74. The molecule has 1 saturated heterocycles.